The molecule has 1 aromatic carbocycles. The molecule has 0 saturated heterocycles. The number of carboxylic acid groups (broad SMARTS) is 1. The number of carboxylic acids is 1. The predicted octanol–water partition coefficient (Wildman–Crippen LogP) is 3.67. The van der Waals surface area contributed by atoms with Gasteiger partial charge in [-0.1, -0.05) is 19.3 Å². The lowest BCUT2D eigenvalue weighted by molar-refractivity contribution is -0.145. The molecule has 0 atom stereocenters. The van der Waals surface area contributed by atoms with E-state index in [0.717, 1.165) is 0 Å². The SMILES string of the molecule is O=C(O)C1(c2c(F)c(F)c(F)c(F)c2F)CCCCC1. The van der Waals surface area contributed by atoms with Gasteiger partial charge < -0.3 is 5.11 Å². The summed E-state index contributed by atoms with van der Waals surface area (Å²) in [5.41, 5.74) is -3.27. The summed E-state index contributed by atoms with van der Waals surface area (Å²) in [6.07, 6.45) is 1.06. The minimum Gasteiger partial charge on any atom is -0.481 e. The second-order valence-corrected chi connectivity index (χ2v) is 4.89. The normalized spacial score (nSPS) is 18.1. The van der Waals surface area contributed by atoms with Gasteiger partial charge in [-0.15, -0.1) is 0 Å². The molecule has 0 radical (unpaired) electrons. The number of halogens is 5. The van der Waals surface area contributed by atoms with E-state index in [0.29, 0.717) is 19.3 Å². The third kappa shape index (κ3) is 1.96. The van der Waals surface area contributed by atoms with Gasteiger partial charge in [0.1, 0.15) is 0 Å². The highest BCUT2D eigenvalue weighted by Gasteiger charge is 2.47. The lowest BCUT2D eigenvalue weighted by Gasteiger charge is -2.34. The highest BCUT2D eigenvalue weighted by molar-refractivity contribution is 5.81. The van der Waals surface area contributed by atoms with Crippen LogP contribution in [0.25, 0.3) is 0 Å². The van der Waals surface area contributed by atoms with E-state index in [4.69, 9.17) is 0 Å². The Morgan fingerprint density at radius 1 is 0.800 bits per heavy atom. The molecule has 2 rings (SSSR count). The first-order chi connectivity index (χ1) is 9.33. The minimum atomic E-state index is -2.28. The summed E-state index contributed by atoms with van der Waals surface area (Å²) < 4.78 is 67.1. The Labute approximate surface area is 111 Å². The van der Waals surface area contributed by atoms with Crippen LogP contribution < -0.4 is 0 Å². The molecule has 1 N–H and O–H groups in total. The van der Waals surface area contributed by atoms with E-state index >= 15 is 0 Å². The van der Waals surface area contributed by atoms with Crippen molar-refractivity contribution in [3.63, 3.8) is 0 Å². The topological polar surface area (TPSA) is 37.3 Å². The quantitative estimate of drug-likeness (QED) is 0.513. The van der Waals surface area contributed by atoms with Gasteiger partial charge in [-0.2, -0.15) is 0 Å². The zero-order chi connectivity index (χ0) is 15.1. The number of carbonyl (C=O) groups is 1. The molecule has 0 heterocycles. The van der Waals surface area contributed by atoms with Crippen LogP contribution in [0.2, 0.25) is 0 Å². The average Bonchev–Trinajstić information content (AvgIpc) is 2.44. The third-order valence-corrected chi connectivity index (χ3v) is 3.80. The van der Waals surface area contributed by atoms with Crippen LogP contribution in [0.4, 0.5) is 22.0 Å². The van der Waals surface area contributed by atoms with Crippen molar-refractivity contribution in [1.29, 1.82) is 0 Å². The Morgan fingerprint density at radius 3 is 1.60 bits per heavy atom. The summed E-state index contributed by atoms with van der Waals surface area (Å²) in [6.45, 7) is 0. The second-order valence-electron chi connectivity index (χ2n) is 4.89. The maximum Gasteiger partial charge on any atom is 0.314 e. The summed E-state index contributed by atoms with van der Waals surface area (Å²) in [6, 6.07) is 0. The standard InChI is InChI=1S/C13H11F5O2/c14-7-6(8(15)10(17)11(18)9(7)16)13(12(19)20)4-2-1-3-5-13/h1-5H2,(H,19,20). The number of aliphatic carboxylic acids is 1. The van der Waals surface area contributed by atoms with E-state index in [9.17, 15) is 31.9 Å². The molecule has 0 bridgehead atoms. The molecule has 0 spiro atoms. The predicted molar refractivity (Wildman–Crippen MR) is 58.6 cm³/mol. The Hall–Kier alpha value is -1.66. The number of benzene rings is 1. The average molecular weight is 294 g/mol. The Balaban J connectivity index is 2.75. The maximum atomic E-state index is 13.8. The molecule has 1 aliphatic rings. The van der Waals surface area contributed by atoms with Crippen LogP contribution in [-0.4, -0.2) is 11.1 Å². The van der Waals surface area contributed by atoms with E-state index in [1.807, 2.05) is 0 Å². The fourth-order valence-electron chi connectivity index (χ4n) is 2.75. The van der Waals surface area contributed by atoms with Crippen LogP contribution >= 0.6 is 0 Å². The zero-order valence-corrected chi connectivity index (χ0v) is 10.3. The molecule has 2 nitrogen and oxygen atoms in total. The van der Waals surface area contributed by atoms with Gasteiger partial charge in [0.2, 0.25) is 5.82 Å². The van der Waals surface area contributed by atoms with Crippen LogP contribution in [0.5, 0.6) is 0 Å². The molecule has 1 aliphatic carbocycles. The van der Waals surface area contributed by atoms with Crippen LogP contribution in [-0.2, 0) is 10.2 Å². The van der Waals surface area contributed by atoms with Gasteiger partial charge in [0.25, 0.3) is 0 Å². The van der Waals surface area contributed by atoms with Crippen molar-refractivity contribution in [2.75, 3.05) is 0 Å². The molecule has 0 aromatic heterocycles. The lowest BCUT2D eigenvalue weighted by Crippen LogP contribution is -2.40. The summed E-state index contributed by atoms with van der Waals surface area (Å²) in [5, 5.41) is 9.27. The molecule has 1 fully saturated rings. The minimum absolute atomic E-state index is 0.152. The molecule has 1 saturated carbocycles. The van der Waals surface area contributed by atoms with Crippen molar-refractivity contribution in [2.45, 2.75) is 37.5 Å². The fraction of sp³-hybridized carbons (Fsp3) is 0.462. The smallest absolute Gasteiger partial charge is 0.314 e. The summed E-state index contributed by atoms with van der Waals surface area (Å²) in [7, 11) is 0. The van der Waals surface area contributed by atoms with E-state index in [2.05, 4.69) is 0 Å². The monoisotopic (exact) mass is 294 g/mol. The number of hydrogen-bond donors (Lipinski definition) is 1. The summed E-state index contributed by atoms with van der Waals surface area (Å²) >= 11 is 0. The molecule has 7 heteroatoms. The Kier molecular flexibility index (Phi) is 3.71. The van der Waals surface area contributed by atoms with Crippen molar-refractivity contribution in [3.8, 4) is 0 Å². The van der Waals surface area contributed by atoms with Crippen LogP contribution in [0.15, 0.2) is 0 Å². The summed E-state index contributed by atoms with van der Waals surface area (Å²) in [5.74, 6) is -12.2. The Bertz CT molecular complexity index is 535. The molecule has 0 amide bonds. The first-order valence-electron chi connectivity index (χ1n) is 6.08. The first kappa shape index (κ1) is 14.7. The van der Waals surface area contributed by atoms with E-state index in [1.165, 1.54) is 0 Å². The molecule has 0 unspecified atom stereocenters. The van der Waals surface area contributed by atoms with Gasteiger partial charge in [-0.3, -0.25) is 4.79 Å². The van der Waals surface area contributed by atoms with Gasteiger partial charge >= 0.3 is 5.97 Å². The third-order valence-electron chi connectivity index (χ3n) is 3.80. The molecule has 110 valence electrons. The fourth-order valence-corrected chi connectivity index (χ4v) is 2.75. The van der Waals surface area contributed by atoms with Crippen molar-refractivity contribution >= 4 is 5.97 Å². The van der Waals surface area contributed by atoms with Crippen LogP contribution in [0.1, 0.15) is 37.7 Å². The Morgan fingerprint density at radius 2 is 1.20 bits per heavy atom. The molecular weight excluding hydrogens is 283 g/mol. The van der Waals surface area contributed by atoms with E-state index in [-0.39, 0.29) is 12.8 Å². The highest BCUT2D eigenvalue weighted by atomic mass is 19.2. The molecular formula is C13H11F5O2. The van der Waals surface area contributed by atoms with Gasteiger partial charge in [0.15, 0.2) is 23.3 Å². The van der Waals surface area contributed by atoms with Crippen molar-refractivity contribution < 1.29 is 31.9 Å². The van der Waals surface area contributed by atoms with Crippen molar-refractivity contribution in [2.24, 2.45) is 0 Å². The largest absolute Gasteiger partial charge is 0.481 e. The van der Waals surface area contributed by atoms with Crippen LogP contribution in [0.3, 0.4) is 0 Å². The van der Waals surface area contributed by atoms with Gasteiger partial charge in [0.05, 0.1) is 5.41 Å². The number of hydrogen-bond acceptors (Lipinski definition) is 1. The maximum absolute atomic E-state index is 13.8. The summed E-state index contributed by atoms with van der Waals surface area (Å²) in [4.78, 5) is 11.4. The van der Waals surface area contributed by atoms with E-state index < -0.39 is 46.0 Å². The lowest BCUT2D eigenvalue weighted by atomic mass is 9.69. The van der Waals surface area contributed by atoms with Crippen LogP contribution in [0, 0.1) is 29.1 Å². The van der Waals surface area contributed by atoms with Gasteiger partial charge in [-0.25, -0.2) is 22.0 Å². The first-order valence-corrected chi connectivity index (χ1v) is 6.08. The second kappa shape index (κ2) is 5.03. The van der Waals surface area contributed by atoms with E-state index in [1.54, 1.807) is 0 Å². The van der Waals surface area contributed by atoms with Crippen molar-refractivity contribution in [3.05, 3.63) is 34.6 Å². The molecule has 20 heavy (non-hydrogen) atoms. The van der Waals surface area contributed by atoms with Crippen molar-refractivity contribution in [1.82, 2.24) is 0 Å². The molecule has 1 aromatic rings. The number of rotatable bonds is 2. The highest BCUT2D eigenvalue weighted by Crippen LogP contribution is 2.43. The molecule has 0 aliphatic heterocycles. The van der Waals surface area contributed by atoms with Gasteiger partial charge in [-0.05, 0) is 12.8 Å². The van der Waals surface area contributed by atoms with Gasteiger partial charge in [0, 0.05) is 5.56 Å². The zero-order valence-electron chi connectivity index (χ0n) is 10.3.